The Labute approximate surface area is 155 Å². The lowest BCUT2D eigenvalue weighted by molar-refractivity contribution is -0.116. The van der Waals surface area contributed by atoms with Crippen LogP contribution in [0.4, 0.5) is 5.69 Å². The summed E-state index contributed by atoms with van der Waals surface area (Å²) in [6, 6.07) is 15.1. The first-order valence-corrected chi connectivity index (χ1v) is 8.07. The fourth-order valence-corrected chi connectivity index (χ4v) is 2.19. The van der Waals surface area contributed by atoms with Crippen molar-refractivity contribution >= 4 is 24.0 Å². The van der Waals surface area contributed by atoms with E-state index in [0.29, 0.717) is 13.0 Å². The van der Waals surface area contributed by atoms with Crippen LogP contribution in [0, 0.1) is 0 Å². The summed E-state index contributed by atoms with van der Waals surface area (Å²) in [5.41, 5.74) is 1.95. The molecular formula is C19H25ClN2O3. The van der Waals surface area contributed by atoms with Crippen molar-refractivity contribution in [1.82, 2.24) is 5.32 Å². The van der Waals surface area contributed by atoms with Crippen LogP contribution in [0.3, 0.4) is 0 Å². The SMILES string of the molecule is CCNCc1cccc(NC(=O)CCOc2ccc(OC)cc2)c1.Cl. The number of rotatable bonds is 9. The Hall–Kier alpha value is -2.24. The van der Waals surface area contributed by atoms with Crippen LogP contribution in [0.15, 0.2) is 48.5 Å². The average molecular weight is 365 g/mol. The number of hydrogen-bond acceptors (Lipinski definition) is 4. The molecule has 0 aliphatic carbocycles. The van der Waals surface area contributed by atoms with Crippen LogP contribution in [0.2, 0.25) is 0 Å². The van der Waals surface area contributed by atoms with E-state index in [1.54, 1.807) is 7.11 Å². The van der Waals surface area contributed by atoms with E-state index in [1.807, 2.05) is 48.5 Å². The normalized spacial score (nSPS) is 9.84. The zero-order chi connectivity index (χ0) is 17.2. The molecule has 25 heavy (non-hydrogen) atoms. The zero-order valence-corrected chi connectivity index (χ0v) is 15.4. The fourth-order valence-electron chi connectivity index (χ4n) is 2.19. The van der Waals surface area contributed by atoms with Gasteiger partial charge in [-0.15, -0.1) is 12.4 Å². The minimum absolute atomic E-state index is 0. The molecule has 0 bridgehead atoms. The van der Waals surface area contributed by atoms with Crippen LogP contribution >= 0.6 is 12.4 Å². The minimum Gasteiger partial charge on any atom is -0.497 e. The topological polar surface area (TPSA) is 59.6 Å². The van der Waals surface area contributed by atoms with E-state index in [4.69, 9.17) is 9.47 Å². The Morgan fingerprint density at radius 3 is 2.48 bits per heavy atom. The van der Waals surface area contributed by atoms with E-state index in [0.717, 1.165) is 35.8 Å². The number of hydrogen-bond donors (Lipinski definition) is 2. The quantitative estimate of drug-likeness (QED) is 0.713. The molecule has 0 aliphatic rings. The number of amides is 1. The summed E-state index contributed by atoms with van der Waals surface area (Å²) in [6.45, 7) is 4.10. The Bertz CT molecular complexity index is 647. The number of carbonyl (C=O) groups excluding carboxylic acids is 1. The van der Waals surface area contributed by atoms with Crippen LogP contribution in [-0.2, 0) is 11.3 Å². The number of halogens is 1. The molecule has 0 radical (unpaired) electrons. The summed E-state index contributed by atoms with van der Waals surface area (Å²) in [5, 5.41) is 6.16. The Kier molecular flexibility index (Phi) is 9.43. The summed E-state index contributed by atoms with van der Waals surface area (Å²) >= 11 is 0. The zero-order valence-electron chi connectivity index (χ0n) is 14.6. The highest BCUT2D eigenvalue weighted by molar-refractivity contribution is 5.90. The minimum atomic E-state index is -0.0656. The Balaban J connectivity index is 0.00000312. The van der Waals surface area contributed by atoms with Gasteiger partial charge in [-0.05, 0) is 48.5 Å². The standard InChI is InChI=1S/C19H24N2O3.ClH/c1-3-20-14-15-5-4-6-16(13-15)21-19(22)11-12-24-18-9-7-17(23-2)8-10-18;/h4-10,13,20H,3,11-12,14H2,1-2H3,(H,21,22);1H. The molecule has 6 heteroatoms. The summed E-state index contributed by atoms with van der Waals surface area (Å²) in [5.74, 6) is 1.43. The van der Waals surface area contributed by atoms with Gasteiger partial charge in [0.15, 0.2) is 0 Å². The summed E-state index contributed by atoms with van der Waals surface area (Å²) < 4.78 is 10.7. The van der Waals surface area contributed by atoms with Crippen molar-refractivity contribution in [3.05, 3.63) is 54.1 Å². The van der Waals surface area contributed by atoms with Crippen molar-refractivity contribution in [2.24, 2.45) is 0 Å². The van der Waals surface area contributed by atoms with Gasteiger partial charge in [0.05, 0.1) is 20.1 Å². The number of carbonyl (C=O) groups is 1. The third kappa shape index (κ3) is 7.45. The predicted octanol–water partition coefficient (Wildman–Crippen LogP) is 3.63. The van der Waals surface area contributed by atoms with Crippen molar-refractivity contribution in [3.8, 4) is 11.5 Å². The molecular weight excluding hydrogens is 340 g/mol. The van der Waals surface area contributed by atoms with E-state index in [2.05, 4.69) is 17.6 Å². The maximum absolute atomic E-state index is 12.0. The monoisotopic (exact) mass is 364 g/mol. The van der Waals surface area contributed by atoms with E-state index in [-0.39, 0.29) is 18.3 Å². The van der Waals surface area contributed by atoms with E-state index in [1.165, 1.54) is 0 Å². The van der Waals surface area contributed by atoms with Gasteiger partial charge in [0.1, 0.15) is 11.5 Å². The molecule has 0 fully saturated rings. The first-order chi connectivity index (χ1) is 11.7. The van der Waals surface area contributed by atoms with E-state index >= 15 is 0 Å². The molecule has 2 rings (SSSR count). The molecule has 136 valence electrons. The van der Waals surface area contributed by atoms with Crippen LogP contribution in [0.1, 0.15) is 18.9 Å². The van der Waals surface area contributed by atoms with Crippen molar-refractivity contribution in [2.75, 3.05) is 25.6 Å². The molecule has 2 N–H and O–H groups in total. The molecule has 0 atom stereocenters. The second-order valence-electron chi connectivity index (χ2n) is 5.30. The Morgan fingerprint density at radius 1 is 1.08 bits per heavy atom. The van der Waals surface area contributed by atoms with Gasteiger partial charge in [-0.25, -0.2) is 0 Å². The van der Waals surface area contributed by atoms with Gasteiger partial charge < -0.3 is 20.1 Å². The summed E-state index contributed by atoms with van der Waals surface area (Å²) in [6.07, 6.45) is 0.295. The van der Waals surface area contributed by atoms with Crippen molar-refractivity contribution in [3.63, 3.8) is 0 Å². The van der Waals surface area contributed by atoms with E-state index < -0.39 is 0 Å². The first-order valence-electron chi connectivity index (χ1n) is 8.07. The number of nitrogens with one attached hydrogen (secondary N) is 2. The lowest BCUT2D eigenvalue weighted by Gasteiger charge is -2.09. The number of anilines is 1. The summed E-state index contributed by atoms with van der Waals surface area (Å²) in [7, 11) is 1.62. The van der Waals surface area contributed by atoms with Gasteiger partial charge in [0.25, 0.3) is 0 Å². The molecule has 0 unspecified atom stereocenters. The van der Waals surface area contributed by atoms with Gasteiger partial charge in [-0.3, -0.25) is 4.79 Å². The highest BCUT2D eigenvalue weighted by Crippen LogP contribution is 2.17. The number of methoxy groups -OCH3 is 1. The van der Waals surface area contributed by atoms with E-state index in [9.17, 15) is 4.79 Å². The third-order valence-electron chi connectivity index (χ3n) is 3.45. The molecule has 0 aromatic heterocycles. The molecule has 0 heterocycles. The first kappa shape index (κ1) is 20.8. The van der Waals surface area contributed by atoms with Gasteiger partial charge in [0.2, 0.25) is 5.91 Å². The Morgan fingerprint density at radius 2 is 1.80 bits per heavy atom. The average Bonchev–Trinajstić information content (AvgIpc) is 2.61. The van der Waals surface area contributed by atoms with Crippen LogP contribution < -0.4 is 20.1 Å². The molecule has 2 aromatic carbocycles. The molecule has 0 saturated heterocycles. The lowest BCUT2D eigenvalue weighted by Crippen LogP contribution is -2.16. The van der Waals surface area contributed by atoms with Crippen molar-refractivity contribution < 1.29 is 14.3 Å². The molecule has 0 spiro atoms. The highest BCUT2D eigenvalue weighted by Gasteiger charge is 2.04. The van der Waals surface area contributed by atoms with Gasteiger partial charge in [-0.1, -0.05) is 19.1 Å². The largest absolute Gasteiger partial charge is 0.497 e. The molecule has 0 saturated carbocycles. The van der Waals surface area contributed by atoms with Crippen LogP contribution in [0.25, 0.3) is 0 Å². The number of ether oxygens (including phenoxy) is 2. The smallest absolute Gasteiger partial charge is 0.227 e. The highest BCUT2D eigenvalue weighted by atomic mass is 35.5. The van der Waals surface area contributed by atoms with Crippen molar-refractivity contribution in [2.45, 2.75) is 19.9 Å². The third-order valence-corrected chi connectivity index (χ3v) is 3.45. The van der Waals surface area contributed by atoms with Gasteiger partial charge in [-0.2, -0.15) is 0 Å². The van der Waals surface area contributed by atoms with Gasteiger partial charge >= 0.3 is 0 Å². The molecule has 2 aromatic rings. The lowest BCUT2D eigenvalue weighted by atomic mass is 10.2. The molecule has 1 amide bonds. The summed E-state index contributed by atoms with van der Waals surface area (Å²) in [4.78, 5) is 12.0. The predicted molar refractivity (Wildman–Crippen MR) is 103 cm³/mol. The maximum atomic E-state index is 12.0. The maximum Gasteiger partial charge on any atom is 0.227 e. The van der Waals surface area contributed by atoms with Crippen molar-refractivity contribution in [1.29, 1.82) is 0 Å². The number of benzene rings is 2. The molecule has 0 aliphatic heterocycles. The fraction of sp³-hybridized carbons (Fsp3) is 0.316. The van der Waals surface area contributed by atoms with Crippen LogP contribution in [0.5, 0.6) is 11.5 Å². The second-order valence-corrected chi connectivity index (χ2v) is 5.30. The second kappa shape index (κ2) is 11.3. The van der Waals surface area contributed by atoms with Gasteiger partial charge in [0, 0.05) is 12.2 Å². The molecule has 5 nitrogen and oxygen atoms in total. The van der Waals surface area contributed by atoms with Crippen LogP contribution in [-0.4, -0.2) is 26.2 Å².